The molecule has 2 heterocycles. The van der Waals surface area contributed by atoms with Crippen LogP contribution in [0, 0.1) is 10.1 Å². The van der Waals surface area contributed by atoms with Crippen molar-refractivity contribution in [3.63, 3.8) is 0 Å². The Morgan fingerprint density at radius 2 is 1.90 bits per heavy atom. The molecule has 0 saturated carbocycles. The fourth-order valence-electron chi connectivity index (χ4n) is 2.94. The van der Waals surface area contributed by atoms with E-state index < -0.39 is 16.8 Å². The Hall–Kier alpha value is -4.34. The van der Waals surface area contributed by atoms with Crippen LogP contribution in [0.4, 0.5) is 5.69 Å². The van der Waals surface area contributed by atoms with Crippen LogP contribution in [-0.4, -0.2) is 38.6 Å². The number of ether oxygens (including phenoxy) is 1. The van der Waals surface area contributed by atoms with Crippen LogP contribution in [0.1, 0.15) is 20.8 Å². The van der Waals surface area contributed by atoms with Gasteiger partial charge in [0.25, 0.3) is 11.6 Å². The molecule has 144 valence electrons. The Balaban J connectivity index is 1.75. The van der Waals surface area contributed by atoms with Crippen molar-refractivity contribution in [2.75, 3.05) is 12.5 Å². The maximum atomic E-state index is 12.6. The lowest BCUT2D eigenvalue weighted by molar-refractivity contribution is -0.384. The van der Waals surface area contributed by atoms with Gasteiger partial charge in [0.1, 0.15) is 17.5 Å². The third kappa shape index (κ3) is 3.23. The number of fused-ring (bicyclic) bond motifs is 2. The number of nitro groups is 1. The normalized spacial score (nSPS) is 10.8. The molecule has 2 aromatic heterocycles. The number of pyridine rings is 1. The van der Waals surface area contributed by atoms with Crippen LogP contribution >= 0.6 is 0 Å². The molecule has 10 nitrogen and oxygen atoms in total. The van der Waals surface area contributed by atoms with Crippen LogP contribution < -0.4 is 5.43 Å². The number of nitrogens with zero attached hydrogens (tertiary/aromatic N) is 4. The van der Waals surface area contributed by atoms with Gasteiger partial charge in [-0.3, -0.25) is 25.3 Å². The topological polar surface area (TPSA) is 129 Å². The standard InChI is InChI=1S/C19H13N5O5/c1-29-19(26)14-7-13(24(27)28)8-16-17(14)21-10-23(16)22-18(25)15-6-11-4-2-3-5-12(11)9-20-15/h2-10H,1H3,(H,22,25). The number of hydrogen-bond donors (Lipinski definition) is 1. The average Bonchev–Trinajstić information content (AvgIpc) is 3.14. The van der Waals surface area contributed by atoms with E-state index in [2.05, 4.69) is 20.1 Å². The molecule has 4 rings (SSSR count). The van der Waals surface area contributed by atoms with Crippen LogP contribution in [0.25, 0.3) is 21.8 Å². The van der Waals surface area contributed by atoms with Gasteiger partial charge in [0.05, 0.1) is 23.1 Å². The molecule has 0 aliphatic heterocycles. The summed E-state index contributed by atoms with van der Waals surface area (Å²) in [6.45, 7) is 0. The van der Waals surface area contributed by atoms with Crippen molar-refractivity contribution in [3.8, 4) is 0 Å². The van der Waals surface area contributed by atoms with E-state index in [4.69, 9.17) is 0 Å². The second kappa shape index (κ2) is 7.00. The molecular formula is C19H13N5O5. The highest BCUT2D eigenvalue weighted by Gasteiger charge is 2.21. The molecule has 1 amide bonds. The Bertz CT molecular complexity index is 1300. The maximum absolute atomic E-state index is 12.6. The van der Waals surface area contributed by atoms with Crippen molar-refractivity contribution in [1.29, 1.82) is 0 Å². The van der Waals surface area contributed by atoms with Crippen molar-refractivity contribution < 1.29 is 19.2 Å². The number of nitro benzene ring substituents is 1. The predicted molar refractivity (Wildman–Crippen MR) is 103 cm³/mol. The summed E-state index contributed by atoms with van der Waals surface area (Å²) < 4.78 is 5.87. The SMILES string of the molecule is COC(=O)c1cc([N+](=O)[O-])cc2c1ncn2NC(=O)c1cc2ccccc2cn1. The Morgan fingerprint density at radius 1 is 1.14 bits per heavy atom. The molecule has 0 aliphatic carbocycles. The summed E-state index contributed by atoms with van der Waals surface area (Å²) in [6, 6.07) is 11.4. The Labute approximate surface area is 162 Å². The lowest BCUT2D eigenvalue weighted by atomic mass is 10.1. The second-order valence-electron chi connectivity index (χ2n) is 6.08. The van der Waals surface area contributed by atoms with E-state index >= 15 is 0 Å². The Morgan fingerprint density at radius 3 is 2.62 bits per heavy atom. The first kappa shape index (κ1) is 18.0. The number of methoxy groups -OCH3 is 1. The maximum Gasteiger partial charge on any atom is 0.340 e. The van der Waals surface area contributed by atoms with Gasteiger partial charge in [0.2, 0.25) is 0 Å². The Kier molecular flexibility index (Phi) is 4.36. The zero-order valence-electron chi connectivity index (χ0n) is 15.0. The highest BCUT2D eigenvalue weighted by Crippen LogP contribution is 2.25. The number of rotatable bonds is 4. The van der Waals surface area contributed by atoms with E-state index in [1.165, 1.54) is 17.1 Å². The number of esters is 1. The molecule has 0 atom stereocenters. The quantitative estimate of drug-likeness (QED) is 0.322. The lowest BCUT2D eigenvalue weighted by Gasteiger charge is -2.08. The largest absolute Gasteiger partial charge is 0.465 e. The summed E-state index contributed by atoms with van der Waals surface area (Å²) in [4.78, 5) is 43.5. The molecule has 0 aliphatic rings. The van der Waals surface area contributed by atoms with Crippen LogP contribution in [-0.2, 0) is 4.74 Å². The molecule has 0 bridgehead atoms. The number of nitrogens with one attached hydrogen (secondary N) is 1. The first-order chi connectivity index (χ1) is 14.0. The van der Waals surface area contributed by atoms with E-state index in [-0.39, 0.29) is 28.0 Å². The van der Waals surface area contributed by atoms with Gasteiger partial charge in [-0.05, 0) is 11.5 Å². The summed E-state index contributed by atoms with van der Waals surface area (Å²) in [7, 11) is 1.16. The second-order valence-corrected chi connectivity index (χ2v) is 6.08. The monoisotopic (exact) mass is 391 g/mol. The van der Waals surface area contributed by atoms with Crippen molar-refractivity contribution >= 4 is 39.4 Å². The molecule has 2 aromatic carbocycles. The zero-order valence-corrected chi connectivity index (χ0v) is 15.0. The van der Waals surface area contributed by atoms with Crippen molar-refractivity contribution in [2.24, 2.45) is 0 Å². The lowest BCUT2D eigenvalue weighted by Crippen LogP contribution is -2.23. The zero-order chi connectivity index (χ0) is 20.5. The van der Waals surface area contributed by atoms with Crippen LogP contribution in [0.2, 0.25) is 0 Å². The van der Waals surface area contributed by atoms with Crippen LogP contribution in [0.3, 0.4) is 0 Å². The summed E-state index contributed by atoms with van der Waals surface area (Å²) in [5.74, 6) is -1.31. The van der Waals surface area contributed by atoms with E-state index in [1.54, 1.807) is 12.3 Å². The van der Waals surface area contributed by atoms with Gasteiger partial charge < -0.3 is 4.74 Å². The molecule has 0 unspecified atom stereocenters. The molecule has 0 radical (unpaired) electrons. The van der Waals surface area contributed by atoms with Gasteiger partial charge in [-0.15, -0.1) is 0 Å². The number of amides is 1. The molecule has 29 heavy (non-hydrogen) atoms. The van der Waals surface area contributed by atoms with Gasteiger partial charge in [-0.2, -0.15) is 0 Å². The summed E-state index contributed by atoms with van der Waals surface area (Å²) in [5, 5.41) is 13.0. The highest BCUT2D eigenvalue weighted by atomic mass is 16.6. The molecule has 4 aromatic rings. The molecule has 10 heteroatoms. The minimum absolute atomic E-state index is 0.0754. The van der Waals surface area contributed by atoms with Gasteiger partial charge >= 0.3 is 5.97 Å². The smallest absolute Gasteiger partial charge is 0.340 e. The van der Waals surface area contributed by atoms with Crippen LogP contribution in [0.15, 0.2) is 55.0 Å². The van der Waals surface area contributed by atoms with E-state index in [0.29, 0.717) is 0 Å². The first-order valence-electron chi connectivity index (χ1n) is 8.38. The summed E-state index contributed by atoms with van der Waals surface area (Å²) in [5.41, 5.74) is 2.66. The number of hydrogen-bond acceptors (Lipinski definition) is 7. The summed E-state index contributed by atoms with van der Waals surface area (Å²) in [6.07, 6.45) is 2.83. The minimum Gasteiger partial charge on any atom is -0.465 e. The van der Waals surface area contributed by atoms with Crippen molar-refractivity contribution in [1.82, 2.24) is 14.6 Å². The minimum atomic E-state index is -0.772. The number of carbonyl (C=O) groups is 2. The molecular weight excluding hydrogens is 378 g/mol. The van der Waals surface area contributed by atoms with Gasteiger partial charge in [-0.1, -0.05) is 24.3 Å². The van der Waals surface area contributed by atoms with Crippen molar-refractivity contribution in [3.05, 3.63) is 76.4 Å². The third-order valence-electron chi connectivity index (χ3n) is 4.34. The fraction of sp³-hybridized carbons (Fsp3) is 0.0526. The average molecular weight is 391 g/mol. The number of aromatic nitrogens is 3. The van der Waals surface area contributed by atoms with Gasteiger partial charge in [0.15, 0.2) is 0 Å². The van der Waals surface area contributed by atoms with Gasteiger partial charge in [0, 0.05) is 23.7 Å². The number of imidazole rings is 1. The number of carbonyl (C=O) groups excluding carboxylic acids is 2. The number of benzene rings is 2. The van der Waals surface area contributed by atoms with Gasteiger partial charge in [-0.25, -0.2) is 14.5 Å². The molecule has 1 N–H and O–H groups in total. The fourth-order valence-corrected chi connectivity index (χ4v) is 2.94. The van der Waals surface area contributed by atoms with Crippen LogP contribution in [0.5, 0.6) is 0 Å². The molecule has 0 saturated heterocycles. The predicted octanol–water partition coefficient (Wildman–Crippen LogP) is 2.66. The third-order valence-corrected chi connectivity index (χ3v) is 4.34. The van der Waals surface area contributed by atoms with Crippen molar-refractivity contribution in [2.45, 2.75) is 0 Å². The summed E-state index contributed by atoms with van der Waals surface area (Å²) >= 11 is 0. The first-order valence-corrected chi connectivity index (χ1v) is 8.38. The van der Waals surface area contributed by atoms with E-state index in [0.717, 1.165) is 23.9 Å². The molecule has 0 spiro atoms. The highest BCUT2D eigenvalue weighted by molar-refractivity contribution is 6.05. The van der Waals surface area contributed by atoms with E-state index in [1.807, 2.05) is 24.3 Å². The van der Waals surface area contributed by atoms with E-state index in [9.17, 15) is 19.7 Å². The molecule has 0 fully saturated rings. The number of non-ortho nitro benzene ring substituents is 1.